The molecule has 2 aromatic carbocycles. The Morgan fingerprint density at radius 3 is 2.35 bits per heavy atom. The minimum absolute atomic E-state index is 0.205. The number of nitrogens with zero attached hydrogens (tertiary/aromatic N) is 2. The van der Waals surface area contributed by atoms with E-state index >= 15 is 0 Å². The summed E-state index contributed by atoms with van der Waals surface area (Å²) < 4.78 is 0. The van der Waals surface area contributed by atoms with E-state index in [9.17, 15) is 4.79 Å². The highest BCUT2D eigenvalue weighted by Crippen LogP contribution is 2.26. The number of benzene rings is 2. The Balaban J connectivity index is 1.72. The first kappa shape index (κ1) is 17.5. The Bertz CT molecular complexity index is 914. The maximum absolute atomic E-state index is 10.9. The predicted molar refractivity (Wildman–Crippen MR) is 102 cm³/mol. The van der Waals surface area contributed by atoms with Gasteiger partial charge in [0, 0.05) is 17.3 Å². The lowest BCUT2D eigenvalue weighted by atomic mass is 10.2. The van der Waals surface area contributed by atoms with E-state index in [1.165, 1.54) is 18.5 Å². The SMILES string of the molecule is Nc1c(NCc2ccc(Cl)cc2)ncnc1Nc1ccc(C(=O)O)cc1. The molecule has 7 nitrogen and oxygen atoms in total. The van der Waals surface area contributed by atoms with Gasteiger partial charge in [-0.3, -0.25) is 0 Å². The average molecular weight is 370 g/mol. The molecular weight excluding hydrogens is 354 g/mol. The molecule has 0 fully saturated rings. The summed E-state index contributed by atoms with van der Waals surface area (Å²) >= 11 is 5.88. The van der Waals surface area contributed by atoms with Gasteiger partial charge in [0.05, 0.1) is 5.56 Å². The van der Waals surface area contributed by atoms with Gasteiger partial charge >= 0.3 is 5.97 Å². The van der Waals surface area contributed by atoms with Gasteiger partial charge in [0.2, 0.25) is 0 Å². The minimum Gasteiger partial charge on any atom is -0.478 e. The molecule has 0 aliphatic heterocycles. The van der Waals surface area contributed by atoms with Crippen molar-refractivity contribution in [1.29, 1.82) is 0 Å². The summed E-state index contributed by atoms with van der Waals surface area (Å²) in [5.74, 6) is -0.0481. The van der Waals surface area contributed by atoms with Crippen LogP contribution in [0.25, 0.3) is 0 Å². The molecule has 3 aromatic rings. The zero-order chi connectivity index (χ0) is 18.5. The molecule has 0 unspecified atom stereocenters. The second kappa shape index (κ2) is 7.71. The number of anilines is 4. The number of rotatable bonds is 6. The first-order valence-corrected chi connectivity index (χ1v) is 8.10. The van der Waals surface area contributed by atoms with Gasteiger partial charge in [-0.15, -0.1) is 0 Å². The summed E-state index contributed by atoms with van der Waals surface area (Å²) in [5.41, 5.74) is 8.41. The van der Waals surface area contributed by atoms with Crippen LogP contribution in [0.1, 0.15) is 15.9 Å². The Kier molecular flexibility index (Phi) is 5.19. The van der Waals surface area contributed by atoms with Gasteiger partial charge < -0.3 is 21.5 Å². The van der Waals surface area contributed by atoms with Crippen LogP contribution in [-0.2, 0) is 6.54 Å². The van der Waals surface area contributed by atoms with Crippen LogP contribution < -0.4 is 16.4 Å². The molecule has 1 heterocycles. The molecule has 3 rings (SSSR count). The van der Waals surface area contributed by atoms with Crippen molar-refractivity contribution in [3.63, 3.8) is 0 Å². The fourth-order valence-electron chi connectivity index (χ4n) is 2.26. The molecule has 0 radical (unpaired) electrons. The largest absolute Gasteiger partial charge is 0.478 e. The highest BCUT2D eigenvalue weighted by Gasteiger charge is 2.09. The number of hydrogen-bond donors (Lipinski definition) is 4. The van der Waals surface area contributed by atoms with E-state index in [-0.39, 0.29) is 5.56 Å². The van der Waals surface area contributed by atoms with E-state index in [0.717, 1.165) is 5.56 Å². The standard InChI is InChI=1S/C18H16ClN5O2/c19-13-5-1-11(2-6-13)9-21-16-15(20)17(23-10-22-16)24-14-7-3-12(4-8-14)18(25)26/h1-8,10H,9,20H2,(H,25,26)(H2,21,22,23,24). The number of aromatic nitrogens is 2. The van der Waals surface area contributed by atoms with E-state index < -0.39 is 5.97 Å². The van der Waals surface area contributed by atoms with Gasteiger partial charge in [0.1, 0.15) is 12.0 Å². The zero-order valence-corrected chi connectivity index (χ0v) is 14.4. The third-order valence-electron chi connectivity index (χ3n) is 3.65. The van der Waals surface area contributed by atoms with Crippen molar-refractivity contribution in [3.8, 4) is 0 Å². The highest BCUT2D eigenvalue weighted by molar-refractivity contribution is 6.30. The van der Waals surface area contributed by atoms with Crippen LogP contribution in [0.15, 0.2) is 54.9 Å². The van der Waals surface area contributed by atoms with Crippen LogP contribution in [0.4, 0.5) is 23.0 Å². The summed E-state index contributed by atoms with van der Waals surface area (Å²) in [4.78, 5) is 19.2. The number of nitrogens with two attached hydrogens (primary N) is 1. The zero-order valence-electron chi connectivity index (χ0n) is 13.6. The Morgan fingerprint density at radius 1 is 1.04 bits per heavy atom. The van der Waals surface area contributed by atoms with Crippen LogP contribution in [0.3, 0.4) is 0 Å². The maximum Gasteiger partial charge on any atom is 0.335 e. The van der Waals surface area contributed by atoms with E-state index in [2.05, 4.69) is 20.6 Å². The summed E-state index contributed by atoms with van der Waals surface area (Å²) in [5, 5.41) is 15.8. The number of aromatic carboxylic acids is 1. The third-order valence-corrected chi connectivity index (χ3v) is 3.90. The second-order valence-electron chi connectivity index (χ2n) is 5.47. The molecule has 8 heteroatoms. The molecule has 26 heavy (non-hydrogen) atoms. The predicted octanol–water partition coefficient (Wildman–Crippen LogP) is 3.77. The van der Waals surface area contributed by atoms with Crippen LogP contribution in [0, 0.1) is 0 Å². The molecule has 132 valence electrons. The first-order chi connectivity index (χ1) is 12.5. The van der Waals surface area contributed by atoms with E-state index in [1.54, 1.807) is 12.1 Å². The van der Waals surface area contributed by atoms with E-state index in [4.69, 9.17) is 22.4 Å². The fourth-order valence-corrected chi connectivity index (χ4v) is 2.38. The Labute approximate surface area is 154 Å². The lowest BCUT2D eigenvalue weighted by molar-refractivity contribution is 0.0697. The first-order valence-electron chi connectivity index (χ1n) is 7.72. The second-order valence-corrected chi connectivity index (χ2v) is 5.91. The summed E-state index contributed by atoms with van der Waals surface area (Å²) in [6.45, 7) is 0.533. The number of carboxylic acids is 1. The topological polar surface area (TPSA) is 113 Å². The molecule has 0 saturated carbocycles. The van der Waals surface area contributed by atoms with Gasteiger partial charge in [-0.25, -0.2) is 14.8 Å². The maximum atomic E-state index is 10.9. The van der Waals surface area contributed by atoms with Gasteiger partial charge in [-0.05, 0) is 42.0 Å². The van der Waals surface area contributed by atoms with Gasteiger partial charge in [-0.1, -0.05) is 23.7 Å². The molecule has 0 spiro atoms. The number of nitrogen functional groups attached to an aromatic ring is 1. The minimum atomic E-state index is -0.980. The van der Waals surface area contributed by atoms with Crippen molar-refractivity contribution < 1.29 is 9.90 Å². The van der Waals surface area contributed by atoms with Crippen molar-refractivity contribution in [3.05, 3.63) is 71.0 Å². The van der Waals surface area contributed by atoms with Crippen LogP contribution >= 0.6 is 11.6 Å². The van der Waals surface area contributed by atoms with Gasteiger partial charge in [0.15, 0.2) is 11.6 Å². The van der Waals surface area contributed by atoms with Crippen molar-refractivity contribution in [2.75, 3.05) is 16.4 Å². The summed E-state index contributed by atoms with van der Waals surface area (Å²) in [7, 11) is 0. The smallest absolute Gasteiger partial charge is 0.335 e. The van der Waals surface area contributed by atoms with Crippen LogP contribution in [0.5, 0.6) is 0 Å². The van der Waals surface area contributed by atoms with Gasteiger partial charge in [0.25, 0.3) is 0 Å². The van der Waals surface area contributed by atoms with Crippen molar-refractivity contribution in [2.45, 2.75) is 6.54 Å². The van der Waals surface area contributed by atoms with Crippen molar-refractivity contribution in [2.24, 2.45) is 0 Å². The molecule has 0 amide bonds. The monoisotopic (exact) mass is 369 g/mol. The van der Waals surface area contributed by atoms with Crippen molar-refractivity contribution >= 4 is 40.6 Å². The molecule has 1 aromatic heterocycles. The summed E-state index contributed by atoms with van der Waals surface area (Å²) in [6, 6.07) is 13.7. The number of nitrogens with one attached hydrogen (secondary N) is 2. The van der Waals surface area contributed by atoms with Crippen LogP contribution in [0.2, 0.25) is 5.02 Å². The number of carbonyl (C=O) groups is 1. The number of hydrogen-bond acceptors (Lipinski definition) is 6. The van der Waals surface area contributed by atoms with Gasteiger partial charge in [-0.2, -0.15) is 0 Å². The van der Waals surface area contributed by atoms with Crippen LogP contribution in [-0.4, -0.2) is 21.0 Å². The molecule has 0 atom stereocenters. The Morgan fingerprint density at radius 2 is 1.69 bits per heavy atom. The average Bonchev–Trinajstić information content (AvgIpc) is 2.64. The molecule has 0 saturated heterocycles. The highest BCUT2D eigenvalue weighted by atomic mass is 35.5. The lowest BCUT2D eigenvalue weighted by Gasteiger charge is -2.13. The molecule has 0 bridgehead atoms. The van der Waals surface area contributed by atoms with E-state index in [1.807, 2.05) is 24.3 Å². The molecular formula is C18H16ClN5O2. The van der Waals surface area contributed by atoms with E-state index in [0.29, 0.717) is 34.6 Å². The molecule has 0 aliphatic rings. The quantitative estimate of drug-likeness (QED) is 0.523. The number of halogens is 1. The normalized spacial score (nSPS) is 10.3. The lowest BCUT2D eigenvalue weighted by Crippen LogP contribution is -2.08. The summed E-state index contributed by atoms with van der Waals surface area (Å²) in [6.07, 6.45) is 1.40. The number of carboxylic acid groups (broad SMARTS) is 1. The third kappa shape index (κ3) is 4.20. The fraction of sp³-hybridized carbons (Fsp3) is 0.0556. The molecule has 0 aliphatic carbocycles. The van der Waals surface area contributed by atoms with Crippen molar-refractivity contribution in [1.82, 2.24) is 9.97 Å². The Hall–Kier alpha value is -3.32. The molecule has 5 N–H and O–H groups in total.